The number of aromatic nitrogens is 2. The first kappa shape index (κ1) is 14.8. The van der Waals surface area contributed by atoms with Gasteiger partial charge in [-0.25, -0.2) is 0 Å². The number of amides is 1. The topological polar surface area (TPSA) is 67.0 Å². The first-order valence-corrected chi connectivity index (χ1v) is 7.70. The summed E-state index contributed by atoms with van der Waals surface area (Å²) >= 11 is 0. The fourth-order valence-corrected chi connectivity index (χ4v) is 2.88. The van der Waals surface area contributed by atoms with Crippen molar-refractivity contribution in [2.75, 3.05) is 13.2 Å². The van der Waals surface area contributed by atoms with E-state index in [1.54, 1.807) is 12.3 Å². The van der Waals surface area contributed by atoms with Crippen molar-refractivity contribution in [2.24, 2.45) is 5.92 Å². The number of hydrogen-bond donors (Lipinski definition) is 2. The average Bonchev–Trinajstić information content (AvgIpc) is 3.08. The summed E-state index contributed by atoms with van der Waals surface area (Å²) in [4.78, 5) is 12.0. The largest absolute Gasteiger partial charge is 0.373 e. The number of benzene rings is 1. The van der Waals surface area contributed by atoms with Crippen LogP contribution in [0.15, 0.2) is 36.5 Å². The van der Waals surface area contributed by atoms with E-state index in [-0.39, 0.29) is 12.0 Å². The Kier molecular flexibility index (Phi) is 4.53. The van der Waals surface area contributed by atoms with Gasteiger partial charge in [-0.05, 0) is 31.4 Å². The van der Waals surface area contributed by atoms with E-state index in [9.17, 15) is 4.79 Å². The van der Waals surface area contributed by atoms with Gasteiger partial charge in [0.25, 0.3) is 5.91 Å². The molecule has 22 heavy (non-hydrogen) atoms. The fraction of sp³-hybridized carbons (Fsp3) is 0.412. The van der Waals surface area contributed by atoms with Crippen molar-refractivity contribution in [3.63, 3.8) is 0 Å². The second-order valence-electron chi connectivity index (χ2n) is 5.78. The number of H-pyrrole nitrogens is 1. The van der Waals surface area contributed by atoms with Crippen molar-refractivity contribution in [1.82, 2.24) is 15.5 Å². The van der Waals surface area contributed by atoms with Crippen molar-refractivity contribution in [3.05, 3.63) is 53.3 Å². The summed E-state index contributed by atoms with van der Waals surface area (Å²) in [5.74, 6) is 0.175. The van der Waals surface area contributed by atoms with Crippen LogP contribution in [0.4, 0.5) is 0 Å². The molecule has 0 bridgehead atoms. The molecule has 2 heterocycles. The quantitative estimate of drug-likeness (QED) is 0.912. The SMILES string of the molecule is Cc1ccc([C@@H]2OCCC[C@@H]2CNC(=O)c2ccn[nH]2)cc1. The summed E-state index contributed by atoms with van der Waals surface area (Å²) in [6.45, 7) is 3.47. The number of carbonyl (C=O) groups excluding carboxylic acids is 1. The Hall–Kier alpha value is -2.14. The third kappa shape index (κ3) is 3.36. The number of aryl methyl sites for hydroxylation is 1. The Morgan fingerprint density at radius 1 is 1.36 bits per heavy atom. The normalized spacial score (nSPS) is 21.5. The van der Waals surface area contributed by atoms with E-state index < -0.39 is 0 Å². The number of hydrogen-bond acceptors (Lipinski definition) is 3. The lowest BCUT2D eigenvalue weighted by Gasteiger charge is -2.32. The maximum absolute atomic E-state index is 12.0. The lowest BCUT2D eigenvalue weighted by atomic mass is 9.89. The summed E-state index contributed by atoms with van der Waals surface area (Å²) in [5, 5.41) is 9.45. The van der Waals surface area contributed by atoms with Gasteiger partial charge in [-0.3, -0.25) is 9.89 Å². The molecule has 0 aliphatic carbocycles. The Balaban J connectivity index is 1.65. The van der Waals surface area contributed by atoms with Crippen LogP contribution in [-0.2, 0) is 4.74 Å². The highest BCUT2D eigenvalue weighted by Crippen LogP contribution is 2.33. The lowest BCUT2D eigenvalue weighted by Crippen LogP contribution is -2.35. The number of aromatic amines is 1. The number of carbonyl (C=O) groups is 1. The molecule has 5 nitrogen and oxygen atoms in total. The molecule has 2 aromatic rings. The van der Waals surface area contributed by atoms with E-state index in [0.717, 1.165) is 19.4 Å². The van der Waals surface area contributed by atoms with Crippen LogP contribution >= 0.6 is 0 Å². The molecular weight excluding hydrogens is 278 g/mol. The van der Waals surface area contributed by atoms with Crippen molar-refractivity contribution >= 4 is 5.91 Å². The van der Waals surface area contributed by atoms with Gasteiger partial charge in [0.05, 0.1) is 6.10 Å². The van der Waals surface area contributed by atoms with Crippen LogP contribution in [0.2, 0.25) is 0 Å². The number of ether oxygens (including phenoxy) is 1. The minimum Gasteiger partial charge on any atom is -0.373 e. The Bertz CT molecular complexity index is 607. The molecule has 0 radical (unpaired) electrons. The van der Waals surface area contributed by atoms with E-state index in [1.807, 2.05) is 0 Å². The minimum atomic E-state index is -0.120. The summed E-state index contributed by atoms with van der Waals surface area (Å²) < 4.78 is 5.97. The molecular formula is C17H21N3O2. The molecule has 0 unspecified atom stereocenters. The maximum Gasteiger partial charge on any atom is 0.269 e. The maximum atomic E-state index is 12.0. The molecule has 1 aromatic carbocycles. The Labute approximate surface area is 130 Å². The predicted octanol–water partition coefficient (Wildman–Crippen LogP) is 2.62. The van der Waals surface area contributed by atoms with Gasteiger partial charge in [-0.2, -0.15) is 5.10 Å². The molecule has 3 rings (SSSR count). The van der Waals surface area contributed by atoms with Crippen LogP contribution in [-0.4, -0.2) is 29.3 Å². The van der Waals surface area contributed by atoms with Gasteiger partial charge in [0, 0.05) is 25.3 Å². The Morgan fingerprint density at radius 2 is 2.18 bits per heavy atom. The molecule has 1 aliphatic rings. The molecule has 5 heteroatoms. The summed E-state index contributed by atoms with van der Waals surface area (Å²) in [5.41, 5.74) is 2.92. The first-order chi connectivity index (χ1) is 10.7. The van der Waals surface area contributed by atoms with Gasteiger partial charge in [0.15, 0.2) is 0 Å². The first-order valence-electron chi connectivity index (χ1n) is 7.70. The molecule has 1 saturated heterocycles. The number of nitrogens with zero attached hydrogens (tertiary/aromatic N) is 1. The van der Waals surface area contributed by atoms with Crippen LogP contribution < -0.4 is 5.32 Å². The zero-order chi connectivity index (χ0) is 15.4. The van der Waals surface area contributed by atoms with Gasteiger partial charge < -0.3 is 10.1 Å². The summed E-state index contributed by atoms with van der Waals surface area (Å²) in [6, 6.07) is 10.1. The smallest absolute Gasteiger partial charge is 0.269 e. The van der Waals surface area contributed by atoms with E-state index in [4.69, 9.17) is 4.74 Å². The lowest BCUT2D eigenvalue weighted by molar-refractivity contribution is -0.0272. The number of rotatable bonds is 4. The van der Waals surface area contributed by atoms with Crippen LogP contribution in [0.5, 0.6) is 0 Å². The van der Waals surface area contributed by atoms with Gasteiger partial charge in [0.2, 0.25) is 0 Å². The standard InChI is InChI=1S/C17H21N3O2/c1-12-4-6-13(7-5-12)16-14(3-2-10-22-16)11-18-17(21)15-8-9-19-20-15/h4-9,14,16H,2-3,10-11H2,1H3,(H,18,21)(H,19,20)/t14-,16+/m1/s1. The van der Waals surface area contributed by atoms with Crippen LogP contribution in [0.25, 0.3) is 0 Å². The van der Waals surface area contributed by atoms with E-state index in [0.29, 0.717) is 18.2 Å². The van der Waals surface area contributed by atoms with Gasteiger partial charge >= 0.3 is 0 Å². The van der Waals surface area contributed by atoms with Gasteiger partial charge in [-0.15, -0.1) is 0 Å². The van der Waals surface area contributed by atoms with Crippen molar-refractivity contribution < 1.29 is 9.53 Å². The molecule has 0 spiro atoms. The van der Waals surface area contributed by atoms with E-state index >= 15 is 0 Å². The van der Waals surface area contributed by atoms with Gasteiger partial charge in [-0.1, -0.05) is 29.8 Å². The van der Waals surface area contributed by atoms with Crippen molar-refractivity contribution in [2.45, 2.75) is 25.9 Å². The number of nitrogens with one attached hydrogen (secondary N) is 2. The summed E-state index contributed by atoms with van der Waals surface area (Å²) in [7, 11) is 0. The van der Waals surface area contributed by atoms with Crippen LogP contribution in [0, 0.1) is 12.8 Å². The highest BCUT2D eigenvalue weighted by atomic mass is 16.5. The zero-order valence-electron chi connectivity index (χ0n) is 12.7. The Morgan fingerprint density at radius 3 is 2.91 bits per heavy atom. The van der Waals surface area contributed by atoms with Gasteiger partial charge in [0.1, 0.15) is 5.69 Å². The third-order valence-electron chi connectivity index (χ3n) is 4.12. The molecule has 2 N–H and O–H groups in total. The second-order valence-corrected chi connectivity index (χ2v) is 5.78. The van der Waals surface area contributed by atoms with E-state index in [1.165, 1.54) is 11.1 Å². The van der Waals surface area contributed by atoms with Crippen LogP contribution in [0.3, 0.4) is 0 Å². The fourth-order valence-electron chi connectivity index (χ4n) is 2.88. The molecule has 1 aliphatic heterocycles. The predicted molar refractivity (Wildman–Crippen MR) is 83.5 cm³/mol. The van der Waals surface area contributed by atoms with Crippen molar-refractivity contribution in [3.8, 4) is 0 Å². The van der Waals surface area contributed by atoms with Crippen LogP contribution in [0.1, 0.15) is 40.6 Å². The molecule has 1 amide bonds. The monoisotopic (exact) mass is 299 g/mol. The minimum absolute atomic E-state index is 0.0522. The summed E-state index contributed by atoms with van der Waals surface area (Å²) in [6.07, 6.45) is 3.72. The molecule has 0 saturated carbocycles. The molecule has 1 fully saturated rings. The highest BCUT2D eigenvalue weighted by molar-refractivity contribution is 5.92. The molecule has 1 aromatic heterocycles. The molecule has 116 valence electrons. The zero-order valence-corrected chi connectivity index (χ0v) is 12.7. The second kappa shape index (κ2) is 6.75. The van der Waals surface area contributed by atoms with E-state index in [2.05, 4.69) is 46.7 Å². The highest BCUT2D eigenvalue weighted by Gasteiger charge is 2.27. The third-order valence-corrected chi connectivity index (χ3v) is 4.12. The average molecular weight is 299 g/mol. The van der Waals surface area contributed by atoms with Crippen molar-refractivity contribution in [1.29, 1.82) is 0 Å². The molecule has 2 atom stereocenters.